The van der Waals surface area contributed by atoms with Crippen molar-refractivity contribution in [2.24, 2.45) is 0 Å². The molecule has 1 aromatic heterocycles. The highest BCUT2D eigenvalue weighted by atomic mass is 35.5. The monoisotopic (exact) mass is 462 g/mol. The van der Waals surface area contributed by atoms with Gasteiger partial charge in [0, 0.05) is 36.3 Å². The Morgan fingerprint density at radius 1 is 1.10 bits per heavy atom. The van der Waals surface area contributed by atoms with Crippen molar-refractivity contribution in [3.8, 4) is 5.75 Å². The van der Waals surface area contributed by atoms with Crippen molar-refractivity contribution in [1.82, 2.24) is 4.31 Å². The molecule has 1 amide bonds. The van der Waals surface area contributed by atoms with Crippen LogP contribution in [-0.2, 0) is 14.8 Å². The summed E-state index contributed by atoms with van der Waals surface area (Å²) < 4.78 is 37.6. The first-order chi connectivity index (χ1) is 14.8. The van der Waals surface area contributed by atoms with Crippen LogP contribution in [0.15, 0.2) is 62.6 Å². The number of rotatable bonds is 6. The molecule has 0 spiro atoms. The fourth-order valence-electron chi connectivity index (χ4n) is 3.32. The van der Waals surface area contributed by atoms with Gasteiger partial charge in [-0.3, -0.25) is 4.79 Å². The molecule has 10 heteroatoms. The number of hydrogen-bond acceptors (Lipinski definition) is 6. The topological polar surface area (TPSA) is 106 Å². The first-order valence-corrected chi connectivity index (χ1v) is 11.4. The zero-order valence-corrected chi connectivity index (χ0v) is 17.9. The summed E-state index contributed by atoms with van der Waals surface area (Å²) in [6.07, 6.45) is 1.62. The van der Waals surface area contributed by atoms with E-state index in [0.717, 1.165) is 18.2 Å². The summed E-state index contributed by atoms with van der Waals surface area (Å²) in [5, 5.41) is 3.43. The van der Waals surface area contributed by atoms with Crippen molar-refractivity contribution in [2.45, 2.75) is 17.7 Å². The van der Waals surface area contributed by atoms with Crippen molar-refractivity contribution in [2.75, 3.05) is 25.0 Å². The van der Waals surface area contributed by atoms with Gasteiger partial charge in [-0.05, 0) is 49.2 Å². The van der Waals surface area contributed by atoms with E-state index in [0.29, 0.717) is 30.1 Å². The second kappa shape index (κ2) is 8.70. The molecule has 1 aliphatic heterocycles. The molecular formula is C21H19ClN2O6S. The molecule has 1 saturated heterocycles. The Kier molecular flexibility index (Phi) is 5.99. The molecule has 0 aliphatic carbocycles. The van der Waals surface area contributed by atoms with E-state index in [4.69, 9.17) is 20.8 Å². The number of fused-ring (bicyclic) bond motifs is 1. The zero-order chi connectivity index (χ0) is 22.0. The molecule has 0 radical (unpaired) electrons. The predicted octanol–water partition coefficient (Wildman–Crippen LogP) is 3.25. The van der Waals surface area contributed by atoms with Crippen LogP contribution in [0.1, 0.15) is 12.8 Å². The summed E-state index contributed by atoms with van der Waals surface area (Å²) >= 11 is 6.12. The molecule has 31 heavy (non-hydrogen) atoms. The zero-order valence-electron chi connectivity index (χ0n) is 16.3. The molecule has 2 heterocycles. The van der Waals surface area contributed by atoms with Crippen LogP contribution in [0.2, 0.25) is 5.02 Å². The molecule has 162 valence electrons. The molecule has 1 N–H and O–H groups in total. The minimum absolute atomic E-state index is 0.0423. The number of benzene rings is 2. The van der Waals surface area contributed by atoms with E-state index in [1.807, 2.05) is 0 Å². The van der Waals surface area contributed by atoms with Gasteiger partial charge in [0.15, 0.2) is 6.61 Å². The smallest absolute Gasteiger partial charge is 0.336 e. The third-order valence-electron chi connectivity index (χ3n) is 4.86. The molecule has 0 unspecified atom stereocenters. The fraction of sp³-hybridized carbons (Fsp3) is 0.238. The molecule has 1 fully saturated rings. The van der Waals surface area contributed by atoms with Crippen LogP contribution in [0.4, 0.5) is 5.69 Å². The van der Waals surface area contributed by atoms with E-state index in [2.05, 4.69) is 5.32 Å². The van der Waals surface area contributed by atoms with E-state index >= 15 is 0 Å². The van der Waals surface area contributed by atoms with Crippen LogP contribution in [0.25, 0.3) is 11.0 Å². The number of halogens is 1. The highest BCUT2D eigenvalue weighted by molar-refractivity contribution is 7.89. The van der Waals surface area contributed by atoms with Gasteiger partial charge in [-0.2, -0.15) is 4.31 Å². The van der Waals surface area contributed by atoms with Gasteiger partial charge in [0.05, 0.1) is 5.02 Å². The van der Waals surface area contributed by atoms with Gasteiger partial charge in [0.25, 0.3) is 5.91 Å². The molecule has 0 atom stereocenters. The Bertz CT molecular complexity index is 1300. The van der Waals surface area contributed by atoms with Crippen LogP contribution in [-0.4, -0.2) is 38.3 Å². The standard InChI is InChI=1S/C21H19ClN2O6S/c22-17-7-5-15(11-19(17)31(27,28)24-9-1-2-10-24)23-20(25)13-29-16-6-3-14-4-8-21(26)30-18(14)12-16/h3-8,11-12H,1-2,9-10,13H2,(H,23,25). The van der Waals surface area contributed by atoms with E-state index in [9.17, 15) is 18.0 Å². The van der Waals surface area contributed by atoms with E-state index in [1.165, 1.54) is 34.6 Å². The molecule has 1 aliphatic rings. The molecule has 8 nitrogen and oxygen atoms in total. The van der Waals surface area contributed by atoms with Crippen molar-refractivity contribution in [3.05, 3.63) is 64.0 Å². The summed E-state index contributed by atoms with van der Waals surface area (Å²) in [6, 6.07) is 12.1. The number of sulfonamides is 1. The van der Waals surface area contributed by atoms with Crippen LogP contribution in [0.3, 0.4) is 0 Å². The molecule has 2 aromatic carbocycles. The Balaban J connectivity index is 1.44. The Hall–Kier alpha value is -2.88. The van der Waals surface area contributed by atoms with Crippen molar-refractivity contribution >= 4 is 44.2 Å². The minimum Gasteiger partial charge on any atom is -0.484 e. The molecule has 3 aromatic rings. The SMILES string of the molecule is O=C(COc1ccc2ccc(=O)oc2c1)Nc1ccc(Cl)c(S(=O)(=O)N2CCCC2)c1. The van der Waals surface area contributed by atoms with Crippen molar-refractivity contribution in [1.29, 1.82) is 0 Å². The second-order valence-corrected chi connectivity index (χ2v) is 9.36. The Morgan fingerprint density at radius 2 is 1.84 bits per heavy atom. The minimum atomic E-state index is -3.72. The second-order valence-electron chi connectivity index (χ2n) is 7.05. The van der Waals surface area contributed by atoms with Crippen molar-refractivity contribution < 1.29 is 22.4 Å². The van der Waals surface area contributed by atoms with Gasteiger partial charge >= 0.3 is 5.63 Å². The molecule has 0 saturated carbocycles. The first kappa shape index (κ1) is 21.4. The average Bonchev–Trinajstić information content (AvgIpc) is 3.29. The maximum absolute atomic E-state index is 12.8. The number of hydrogen-bond donors (Lipinski definition) is 1. The number of carbonyl (C=O) groups excluding carboxylic acids is 1. The lowest BCUT2D eigenvalue weighted by Crippen LogP contribution is -2.28. The van der Waals surface area contributed by atoms with E-state index in [1.54, 1.807) is 18.2 Å². The summed E-state index contributed by atoms with van der Waals surface area (Å²) in [5.41, 5.74) is 0.157. The summed E-state index contributed by atoms with van der Waals surface area (Å²) in [7, 11) is -3.72. The normalized spacial score (nSPS) is 14.6. The lowest BCUT2D eigenvalue weighted by Gasteiger charge is -2.17. The largest absolute Gasteiger partial charge is 0.484 e. The highest BCUT2D eigenvalue weighted by Gasteiger charge is 2.29. The number of nitrogens with zero attached hydrogens (tertiary/aromatic N) is 1. The fourth-order valence-corrected chi connectivity index (χ4v) is 5.34. The lowest BCUT2D eigenvalue weighted by atomic mass is 10.2. The maximum atomic E-state index is 12.8. The third kappa shape index (κ3) is 4.73. The quantitative estimate of drug-likeness (QED) is 0.563. The maximum Gasteiger partial charge on any atom is 0.336 e. The average molecular weight is 463 g/mol. The highest BCUT2D eigenvalue weighted by Crippen LogP contribution is 2.29. The van der Waals surface area contributed by atoms with Gasteiger partial charge in [0.2, 0.25) is 10.0 Å². The number of nitrogens with one attached hydrogen (secondary N) is 1. The van der Waals surface area contributed by atoms with Gasteiger partial charge in [-0.25, -0.2) is 13.2 Å². The Morgan fingerprint density at radius 3 is 2.61 bits per heavy atom. The molecular weight excluding hydrogens is 444 g/mol. The van der Waals surface area contributed by atoms with Gasteiger partial charge in [-0.15, -0.1) is 0 Å². The van der Waals surface area contributed by atoms with E-state index < -0.39 is 21.6 Å². The summed E-state index contributed by atoms with van der Waals surface area (Å²) in [5.74, 6) is -0.133. The first-order valence-electron chi connectivity index (χ1n) is 9.59. The number of carbonyl (C=O) groups is 1. The van der Waals surface area contributed by atoms with Crippen LogP contribution in [0, 0.1) is 0 Å². The van der Waals surface area contributed by atoms with Crippen molar-refractivity contribution in [3.63, 3.8) is 0 Å². The Labute approximate surface area is 183 Å². The van der Waals surface area contributed by atoms with Gasteiger partial charge in [-0.1, -0.05) is 11.6 Å². The van der Waals surface area contributed by atoms with Crippen LogP contribution < -0.4 is 15.7 Å². The van der Waals surface area contributed by atoms with Crippen LogP contribution >= 0.6 is 11.6 Å². The molecule has 4 rings (SSSR count). The summed E-state index contributed by atoms with van der Waals surface area (Å²) in [6.45, 7) is 0.587. The molecule has 0 bridgehead atoms. The van der Waals surface area contributed by atoms with E-state index in [-0.39, 0.29) is 16.5 Å². The summed E-state index contributed by atoms with van der Waals surface area (Å²) in [4.78, 5) is 23.6. The number of amides is 1. The predicted molar refractivity (Wildman–Crippen MR) is 116 cm³/mol. The van der Waals surface area contributed by atoms with Gasteiger partial charge < -0.3 is 14.5 Å². The number of ether oxygens (including phenoxy) is 1. The number of anilines is 1. The lowest BCUT2D eigenvalue weighted by molar-refractivity contribution is -0.118. The third-order valence-corrected chi connectivity index (χ3v) is 7.24. The van der Waals surface area contributed by atoms with Crippen LogP contribution in [0.5, 0.6) is 5.75 Å². The van der Waals surface area contributed by atoms with Gasteiger partial charge in [0.1, 0.15) is 16.2 Å².